The summed E-state index contributed by atoms with van der Waals surface area (Å²) in [5, 5.41) is 7.11. The zero-order valence-electron chi connectivity index (χ0n) is 17.5. The summed E-state index contributed by atoms with van der Waals surface area (Å²) in [6, 6.07) is 10.1. The number of nitrogens with one attached hydrogen (secondary N) is 1. The number of aromatic nitrogens is 4. The predicted octanol–water partition coefficient (Wildman–Crippen LogP) is 2.70. The maximum atomic E-state index is 12.8. The molecule has 1 atom stereocenters. The number of rotatable bonds is 7. The summed E-state index contributed by atoms with van der Waals surface area (Å²) < 4.78 is 3.92. The number of Topliss-reactive ketones (excluding diaryl/α,β-unsaturated/α-hetero) is 1. The maximum absolute atomic E-state index is 12.8. The second kappa shape index (κ2) is 8.65. The summed E-state index contributed by atoms with van der Waals surface area (Å²) >= 11 is 0. The minimum Gasteiger partial charge on any atom is -0.351 e. The van der Waals surface area contributed by atoms with Gasteiger partial charge in [0.25, 0.3) is 0 Å². The van der Waals surface area contributed by atoms with Gasteiger partial charge in [0.05, 0.1) is 13.0 Å². The van der Waals surface area contributed by atoms with Crippen LogP contribution in [0.15, 0.2) is 43.0 Å². The third kappa shape index (κ3) is 4.20. The molecule has 0 fully saturated rings. The molecule has 0 spiro atoms. The van der Waals surface area contributed by atoms with Gasteiger partial charge in [-0.25, -0.2) is 4.98 Å². The molecule has 7 heteroatoms. The normalized spacial score (nSPS) is 14.4. The van der Waals surface area contributed by atoms with Crippen LogP contribution in [-0.4, -0.2) is 37.1 Å². The first-order valence-electron chi connectivity index (χ1n) is 10.4. The number of nitrogens with zero attached hydrogens (tertiary/aromatic N) is 4. The molecule has 1 aliphatic rings. The van der Waals surface area contributed by atoms with E-state index in [0.29, 0.717) is 19.5 Å². The van der Waals surface area contributed by atoms with Gasteiger partial charge in [0.15, 0.2) is 5.78 Å². The minimum absolute atomic E-state index is 0.0799. The summed E-state index contributed by atoms with van der Waals surface area (Å²) in [4.78, 5) is 29.5. The lowest BCUT2D eigenvalue weighted by atomic mass is 9.92. The van der Waals surface area contributed by atoms with E-state index in [-0.39, 0.29) is 24.2 Å². The van der Waals surface area contributed by atoms with E-state index >= 15 is 0 Å². The summed E-state index contributed by atoms with van der Waals surface area (Å²) in [6.45, 7) is 5.23. The molecule has 1 unspecified atom stereocenters. The largest absolute Gasteiger partial charge is 0.351 e. The summed E-state index contributed by atoms with van der Waals surface area (Å²) in [7, 11) is 0. The van der Waals surface area contributed by atoms with Crippen LogP contribution in [0.2, 0.25) is 0 Å². The predicted molar refractivity (Wildman–Crippen MR) is 113 cm³/mol. The molecule has 0 saturated carbocycles. The molecule has 1 amide bonds. The van der Waals surface area contributed by atoms with E-state index in [1.807, 2.05) is 32.0 Å². The Balaban J connectivity index is 1.56. The first-order valence-corrected chi connectivity index (χ1v) is 10.4. The first kappa shape index (κ1) is 20.1. The molecule has 0 bridgehead atoms. The Bertz CT molecular complexity index is 1040. The molecule has 7 nitrogen and oxygen atoms in total. The fraction of sp³-hybridized carbons (Fsp3) is 0.391. The highest BCUT2D eigenvalue weighted by Crippen LogP contribution is 2.31. The van der Waals surface area contributed by atoms with E-state index in [1.54, 1.807) is 11.0 Å². The molecule has 3 aromatic rings. The number of ketones is 1. The molecule has 0 saturated heterocycles. The number of fused-ring (bicyclic) bond motifs is 1. The van der Waals surface area contributed by atoms with Gasteiger partial charge in [-0.3, -0.25) is 14.3 Å². The molecule has 0 radical (unpaired) electrons. The Morgan fingerprint density at radius 3 is 2.77 bits per heavy atom. The third-order valence-corrected chi connectivity index (χ3v) is 5.71. The monoisotopic (exact) mass is 405 g/mol. The van der Waals surface area contributed by atoms with E-state index in [2.05, 4.69) is 32.1 Å². The molecule has 2 aromatic heterocycles. The van der Waals surface area contributed by atoms with Crippen molar-refractivity contribution in [3.05, 3.63) is 71.1 Å². The molecular formula is C23H27N5O2. The van der Waals surface area contributed by atoms with Crippen LogP contribution in [0, 0.1) is 6.92 Å². The van der Waals surface area contributed by atoms with Gasteiger partial charge in [0.2, 0.25) is 5.91 Å². The molecule has 1 N–H and O–H groups in total. The van der Waals surface area contributed by atoms with Crippen LogP contribution in [0.4, 0.5) is 0 Å². The van der Waals surface area contributed by atoms with Crippen LogP contribution in [0.25, 0.3) is 0 Å². The third-order valence-electron chi connectivity index (χ3n) is 5.71. The molecule has 30 heavy (non-hydrogen) atoms. The molecular weight excluding hydrogens is 378 g/mol. The van der Waals surface area contributed by atoms with Gasteiger partial charge in [-0.2, -0.15) is 5.10 Å². The van der Waals surface area contributed by atoms with E-state index in [4.69, 9.17) is 0 Å². The van der Waals surface area contributed by atoms with Crippen LogP contribution in [-0.2, 0) is 30.7 Å². The Hall–Kier alpha value is -3.22. The van der Waals surface area contributed by atoms with Gasteiger partial charge in [0, 0.05) is 36.0 Å². The van der Waals surface area contributed by atoms with E-state index in [0.717, 1.165) is 35.4 Å². The molecule has 1 aromatic carbocycles. The van der Waals surface area contributed by atoms with Crippen molar-refractivity contribution < 1.29 is 9.59 Å². The topological polar surface area (TPSA) is 81.8 Å². The standard InChI is InChI=1S/C23H27N5O2/c1-16(12-27-15-24-14-25-27)26-22(30)11-19-17(2)28(13-18-7-4-3-5-8-18)20-9-6-10-21(29)23(19)20/h3-5,7-8,14-16H,6,9-13H2,1-2H3,(H,26,30). The average molecular weight is 406 g/mol. The highest BCUT2D eigenvalue weighted by molar-refractivity contribution is 6.01. The highest BCUT2D eigenvalue weighted by atomic mass is 16.1. The highest BCUT2D eigenvalue weighted by Gasteiger charge is 2.29. The van der Waals surface area contributed by atoms with Crippen molar-refractivity contribution in [2.24, 2.45) is 0 Å². The van der Waals surface area contributed by atoms with Crippen LogP contribution < -0.4 is 5.32 Å². The second-order valence-electron chi connectivity index (χ2n) is 8.00. The molecule has 1 aliphatic carbocycles. The summed E-state index contributed by atoms with van der Waals surface area (Å²) in [6.07, 6.45) is 5.61. The second-order valence-corrected chi connectivity index (χ2v) is 8.00. The van der Waals surface area contributed by atoms with Gasteiger partial charge in [-0.15, -0.1) is 0 Å². The zero-order chi connectivity index (χ0) is 21.1. The first-order chi connectivity index (χ1) is 14.5. The number of carbonyl (C=O) groups is 2. The average Bonchev–Trinajstić information content (AvgIpc) is 3.31. The van der Waals surface area contributed by atoms with Gasteiger partial charge >= 0.3 is 0 Å². The lowest BCUT2D eigenvalue weighted by Crippen LogP contribution is -2.37. The van der Waals surface area contributed by atoms with E-state index < -0.39 is 0 Å². The lowest BCUT2D eigenvalue weighted by molar-refractivity contribution is -0.121. The zero-order valence-corrected chi connectivity index (χ0v) is 17.5. The van der Waals surface area contributed by atoms with Crippen molar-refractivity contribution >= 4 is 11.7 Å². The van der Waals surface area contributed by atoms with Gasteiger partial charge in [-0.05, 0) is 37.8 Å². The number of carbonyl (C=O) groups excluding carboxylic acids is 2. The number of hydrogen-bond donors (Lipinski definition) is 1. The van der Waals surface area contributed by atoms with Crippen molar-refractivity contribution in [3.63, 3.8) is 0 Å². The van der Waals surface area contributed by atoms with Crippen LogP contribution in [0.3, 0.4) is 0 Å². The van der Waals surface area contributed by atoms with Gasteiger partial charge in [-0.1, -0.05) is 30.3 Å². The van der Waals surface area contributed by atoms with E-state index in [9.17, 15) is 9.59 Å². The van der Waals surface area contributed by atoms with Crippen molar-refractivity contribution in [2.45, 2.75) is 58.7 Å². The molecule has 4 rings (SSSR count). The Morgan fingerprint density at radius 2 is 2.03 bits per heavy atom. The van der Waals surface area contributed by atoms with Crippen LogP contribution >= 0.6 is 0 Å². The number of hydrogen-bond acceptors (Lipinski definition) is 4. The van der Waals surface area contributed by atoms with Gasteiger partial charge in [0.1, 0.15) is 12.7 Å². The summed E-state index contributed by atoms with van der Waals surface area (Å²) in [5.74, 6) is 0.0772. The van der Waals surface area contributed by atoms with Crippen molar-refractivity contribution in [1.82, 2.24) is 24.6 Å². The molecule has 0 aliphatic heterocycles. The quantitative estimate of drug-likeness (QED) is 0.655. The van der Waals surface area contributed by atoms with Crippen molar-refractivity contribution in [2.75, 3.05) is 0 Å². The minimum atomic E-state index is -0.0857. The van der Waals surface area contributed by atoms with Crippen LogP contribution in [0.5, 0.6) is 0 Å². The van der Waals surface area contributed by atoms with E-state index in [1.165, 1.54) is 11.9 Å². The lowest BCUT2D eigenvalue weighted by Gasteiger charge is -2.16. The van der Waals surface area contributed by atoms with Crippen molar-refractivity contribution in [1.29, 1.82) is 0 Å². The van der Waals surface area contributed by atoms with Crippen molar-refractivity contribution in [3.8, 4) is 0 Å². The number of amides is 1. The Labute approximate surface area is 176 Å². The summed E-state index contributed by atoms with van der Waals surface area (Å²) in [5.41, 5.74) is 4.92. The fourth-order valence-electron chi connectivity index (χ4n) is 4.32. The molecule has 156 valence electrons. The maximum Gasteiger partial charge on any atom is 0.224 e. The van der Waals surface area contributed by atoms with Gasteiger partial charge < -0.3 is 9.88 Å². The SMILES string of the molecule is Cc1c(CC(=O)NC(C)Cn2cncn2)c2c(n1Cc1ccccc1)CCCC2=O. The molecule has 2 heterocycles. The Kier molecular flexibility index (Phi) is 5.79. The fourth-order valence-corrected chi connectivity index (χ4v) is 4.32. The smallest absolute Gasteiger partial charge is 0.224 e. The Morgan fingerprint density at radius 1 is 1.23 bits per heavy atom. The van der Waals surface area contributed by atoms with Crippen LogP contribution in [0.1, 0.15) is 52.6 Å². The number of benzene rings is 1.